The third kappa shape index (κ3) is 6.76. The van der Waals surface area contributed by atoms with Gasteiger partial charge in [0.15, 0.2) is 22.5 Å². The Labute approximate surface area is 279 Å². The largest absolute Gasteiger partial charge is 0.493 e. The van der Waals surface area contributed by atoms with E-state index in [1.165, 1.54) is 35.0 Å². The standard InChI is InChI=1S/C34H31FN6O4S2/c1-21-9-6-10-22(17-21)40-30(19-36-33(43)23-11-4-5-13-25(23)35)37-38-34(40)47-20-31(42)41-27(18-26(39-41)29-15-8-16-46-29)24-12-7-14-28(44-2)32(24)45-3/h4-17,27H,18-20H2,1-3H3,(H,36,43)/t27-/m0/s1. The molecule has 0 bridgehead atoms. The van der Waals surface area contributed by atoms with Crippen molar-refractivity contribution in [3.8, 4) is 17.2 Å². The van der Waals surface area contributed by atoms with Crippen LogP contribution in [0.15, 0.2) is 94.5 Å². The number of carbonyl (C=O) groups excluding carboxylic acids is 2. The van der Waals surface area contributed by atoms with E-state index in [4.69, 9.17) is 14.6 Å². The van der Waals surface area contributed by atoms with Crippen molar-refractivity contribution in [1.29, 1.82) is 0 Å². The van der Waals surface area contributed by atoms with E-state index in [0.717, 1.165) is 27.4 Å². The van der Waals surface area contributed by atoms with E-state index in [9.17, 15) is 14.0 Å². The lowest BCUT2D eigenvalue weighted by Gasteiger charge is -2.24. The number of carbonyl (C=O) groups is 2. The molecule has 6 rings (SSSR count). The molecular weight excluding hydrogens is 640 g/mol. The number of thioether (sulfide) groups is 1. The lowest BCUT2D eigenvalue weighted by molar-refractivity contribution is -0.130. The zero-order chi connectivity index (χ0) is 32.9. The maximum atomic E-state index is 14.2. The highest BCUT2D eigenvalue weighted by Gasteiger charge is 2.36. The zero-order valence-corrected chi connectivity index (χ0v) is 27.5. The van der Waals surface area contributed by atoms with E-state index in [1.54, 1.807) is 36.2 Å². The summed E-state index contributed by atoms with van der Waals surface area (Å²) in [7, 11) is 3.15. The SMILES string of the molecule is COc1cccc([C@@H]2CC(c3cccs3)=NN2C(=O)CSc2nnc(CNC(=O)c3ccccc3F)n2-c2cccc(C)c2)c1OC. The van der Waals surface area contributed by atoms with Gasteiger partial charge in [-0.25, -0.2) is 9.40 Å². The molecule has 1 atom stereocenters. The van der Waals surface area contributed by atoms with E-state index >= 15 is 0 Å². The molecule has 1 aliphatic heterocycles. The zero-order valence-electron chi connectivity index (χ0n) is 25.8. The Kier molecular flexibility index (Phi) is 9.64. The van der Waals surface area contributed by atoms with Crippen molar-refractivity contribution >= 4 is 40.6 Å². The number of aromatic nitrogens is 3. The van der Waals surface area contributed by atoms with E-state index < -0.39 is 17.8 Å². The van der Waals surface area contributed by atoms with Crippen molar-refractivity contribution in [3.63, 3.8) is 0 Å². The molecule has 13 heteroatoms. The van der Waals surface area contributed by atoms with Crippen LogP contribution in [0.25, 0.3) is 5.69 Å². The predicted molar refractivity (Wildman–Crippen MR) is 179 cm³/mol. The third-order valence-electron chi connectivity index (χ3n) is 7.57. The number of hydrazone groups is 1. The molecule has 3 aromatic carbocycles. The lowest BCUT2D eigenvalue weighted by Crippen LogP contribution is -2.29. The fraction of sp³-hybridized carbons (Fsp3) is 0.206. The highest BCUT2D eigenvalue weighted by atomic mass is 32.2. The van der Waals surface area contributed by atoms with Gasteiger partial charge in [0.2, 0.25) is 0 Å². The Balaban J connectivity index is 1.27. The molecule has 2 amide bonds. The minimum Gasteiger partial charge on any atom is -0.493 e. The van der Waals surface area contributed by atoms with Crippen LogP contribution in [-0.4, -0.2) is 57.3 Å². The molecule has 3 heterocycles. The Morgan fingerprint density at radius 3 is 2.60 bits per heavy atom. The van der Waals surface area contributed by atoms with Crippen LogP contribution >= 0.6 is 23.1 Å². The highest BCUT2D eigenvalue weighted by molar-refractivity contribution is 7.99. The molecule has 0 fully saturated rings. The quantitative estimate of drug-likeness (QED) is 0.167. The number of halogens is 1. The van der Waals surface area contributed by atoms with Gasteiger partial charge in [-0.2, -0.15) is 5.10 Å². The number of aryl methyl sites for hydroxylation is 1. The number of hydrogen-bond donors (Lipinski definition) is 1. The second-order valence-corrected chi connectivity index (χ2v) is 12.5. The first-order chi connectivity index (χ1) is 22.9. The fourth-order valence-corrected chi connectivity index (χ4v) is 6.92. The first-order valence-electron chi connectivity index (χ1n) is 14.7. The molecule has 0 unspecified atom stereocenters. The van der Waals surface area contributed by atoms with Crippen LogP contribution in [0, 0.1) is 12.7 Å². The number of amides is 2. The van der Waals surface area contributed by atoms with E-state index in [2.05, 4.69) is 15.5 Å². The summed E-state index contributed by atoms with van der Waals surface area (Å²) >= 11 is 2.78. The van der Waals surface area contributed by atoms with Gasteiger partial charge in [0.1, 0.15) is 5.82 Å². The van der Waals surface area contributed by atoms with Gasteiger partial charge in [-0.1, -0.05) is 54.2 Å². The minimum absolute atomic E-state index is 0.00946. The molecule has 0 radical (unpaired) electrons. The summed E-state index contributed by atoms with van der Waals surface area (Å²) in [6.45, 7) is 1.95. The van der Waals surface area contributed by atoms with Crippen LogP contribution in [0.4, 0.5) is 4.39 Å². The summed E-state index contributed by atoms with van der Waals surface area (Å²) in [5, 5.41) is 20.2. The topological polar surface area (TPSA) is 111 Å². The highest BCUT2D eigenvalue weighted by Crippen LogP contribution is 2.42. The van der Waals surface area contributed by atoms with Crippen LogP contribution < -0.4 is 14.8 Å². The molecule has 240 valence electrons. The normalized spacial score (nSPS) is 14.2. The summed E-state index contributed by atoms with van der Waals surface area (Å²) in [4.78, 5) is 27.7. The molecule has 2 aromatic heterocycles. The second kappa shape index (κ2) is 14.2. The maximum absolute atomic E-state index is 14.2. The average molecular weight is 671 g/mol. The number of hydrogen-bond acceptors (Lipinski definition) is 9. The van der Waals surface area contributed by atoms with Gasteiger partial charge in [0, 0.05) is 17.7 Å². The van der Waals surface area contributed by atoms with Crippen LogP contribution in [0.5, 0.6) is 11.5 Å². The second-order valence-electron chi connectivity index (χ2n) is 10.6. The van der Waals surface area contributed by atoms with E-state index in [1.807, 2.05) is 66.9 Å². The Morgan fingerprint density at radius 2 is 1.85 bits per heavy atom. The van der Waals surface area contributed by atoms with Crippen molar-refractivity contribution in [2.45, 2.75) is 31.1 Å². The predicted octanol–water partition coefficient (Wildman–Crippen LogP) is 6.19. The van der Waals surface area contributed by atoms with Crippen molar-refractivity contribution < 1.29 is 23.5 Å². The molecule has 0 spiro atoms. The average Bonchev–Trinajstić information content (AvgIpc) is 3.86. The monoisotopic (exact) mass is 670 g/mol. The number of nitrogens with one attached hydrogen (secondary N) is 1. The first kappa shape index (κ1) is 32.0. The van der Waals surface area contributed by atoms with Gasteiger partial charge in [-0.15, -0.1) is 21.5 Å². The van der Waals surface area contributed by atoms with Crippen LogP contribution in [0.3, 0.4) is 0 Å². The van der Waals surface area contributed by atoms with E-state index in [-0.39, 0.29) is 23.8 Å². The van der Waals surface area contributed by atoms with Crippen LogP contribution in [-0.2, 0) is 11.3 Å². The maximum Gasteiger partial charge on any atom is 0.254 e. The van der Waals surface area contributed by atoms with Crippen molar-refractivity contribution in [1.82, 2.24) is 25.1 Å². The molecule has 0 saturated heterocycles. The Hall–Kier alpha value is -5.01. The van der Waals surface area contributed by atoms with Gasteiger partial charge in [-0.05, 0) is 54.3 Å². The van der Waals surface area contributed by atoms with Crippen molar-refractivity contribution in [2.75, 3.05) is 20.0 Å². The molecular formula is C34H31FN6O4S2. The van der Waals surface area contributed by atoms with Crippen molar-refractivity contribution in [3.05, 3.63) is 117 Å². The summed E-state index contributed by atoms with van der Waals surface area (Å²) in [6, 6.07) is 22.6. The molecule has 1 aliphatic rings. The number of rotatable bonds is 11. The van der Waals surface area contributed by atoms with Gasteiger partial charge < -0.3 is 14.8 Å². The molecule has 0 aliphatic carbocycles. The van der Waals surface area contributed by atoms with Gasteiger partial charge >= 0.3 is 0 Å². The van der Waals surface area contributed by atoms with Crippen LogP contribution in [0.2, 0.25) is 0 Å². The van der Waals surface area contributed by atoms with Gasteiger partial charge in [-0.3, -0.25) is 14.2 Å². The number of para-hydroxylation sites is 1. The minimum atomic E-state index is -0.614. The third-order valence-corrected chi connectivity index (χ3v) is 9.41. The summed E-state index contributed by atoms with van der Waals surface area (Å²) in [5.74, 6) is 0.134. The molecule has 5 aromatic rings. The molecule has 1 N–H and O–H groups in total. The smallest absolute Gasteiger partial charge is 0.254 e. The van der Waals surface area contributed by atoms with Gasteiger partial charge in [0.25, 0.3) is 11.8 Å². The molecule has 0 saturated carbocycles. The number of nitrogens with zero attached hydrogens (tertiary/aromatic N) is 5. The first-order valence-corrected chi connectivity index (χ1v) is 16.6. The number of methoxy groups -OCH3 is 2. The summed E-state index contributed by atoms with van der Waals surface area (Å²) in [5.41, 5.74) is 3.30. The number of benzene rings is 3. The number of ether oxygens (including phenoxy) is 2. The Morgan fingerprint density at radius 1 is 1.02 bits per heavy atom. The Bertz CT molecular complexity index is 1940. The van der Waals surface area contributed by atoms with Gasteiger partial charge in [0.05, 0.1) is 48.7 Å². The van der Waals surface area contributed by atoms with Crippen LogP contribution in [0.1, 0.15) is 44.6 Å². The summed E-state index contributed by atoms with van der Waals surface area (Å²) in [6.07, 6.45) is 0.506. The lowest BCUT2D eigenvalue weighted by atomic mass is 9.99. The number of thiophene rings is 1. The summed E-state index contributed by atoms with van der Waals surface area (Å²) < 4.78 is 27.3. The fourth-order valence-electron chi connectivity index (χ4n) is 5.38. The molecule has 10 nitrogen and oxygen atoms in total. The van der Waals surface area contributed by atoms with Crippen molar-refractivity contribution in [2.24, 2.45) is 5.10 Å². The molecule has 47 heavy (non-hydrogen) atoms. The van der Waals surface area contributed by atoms with E-state index in [0.29, 0.717) is 28.9 Å².